The Morgan fingerprint density at radius 3 is 2.38 bits per heavy atom. The molecule has 0 amide bonds. The Hall–Kier alpha value is -2.34. The molecule has 0 aliphatic carbocycles. The summed E-state index contributed by atoms with van der Waals surface area (Å²) in [6.07, 6.45) is 0. The van der Waals surface area contributed by atoms with Gasteiger partial charge in [0.1, 0.15) is 17.5 Å². The maximum absolute atomic E-state index is 14.0. The molecule has 0 aliphatic heterocycles. The van der Waals surface area contributed by atoms with Crippen LogP contribution < -0.4 is 5.73 Å². The first kappa shape index (κ1) is 13.6. The summed E-state index contributed by atoms with van der Waals surface area (Å²) in [6.45, 7) is 0. The molecule has 0 spiro atoms. The first-order chi connectivity index (χ1) is 10.0. The molecule has 3 rings (SSSR count). The van der Waals surface area contributed by atoms with Crippen molar-refractivity contribution in [2.45, 2.75) is 9.92 Å². The fourth-order valence-corrected chi connectivity index (χ4v) is 2.90. The number of benzene rings is 2. The van der Waals surface area contributed by atoms with Crippen LogP contribution in [0.1, 0.15) is 5.56 Å². The van der Waals surface area contributed by atoms with Gasteiger partial charge in [0.15, 0.2) is 0 Å². The molecule has 0 atom stereocenters. The molecule has 6 heteroatoms. The highest BCUT2D eigenvalue weighted by molar-refractivity contribution is 7.99. The van der Waals surface area contributed by atoms with Gasteiger partial charge in [-0.1, -0.05) is 30.0 Å². The van der Waals surface area contributed by atoms with E-state index in [2.05, 4.69) is 4.98 Å². The van der Waals surface area contributed by atoms with E-state index in [9.17, 15) is 8.78 Å². The van der Waals surface area contributed by atoms with E-state index in [1.807, 2.05) is 30.3 Å². The lowest BCUT2D eigenvalue weighted by Gasteiger charge is -2.06. The average molecular weight is 303 g/mol. The summed E-state index contributed by atoms with van der Waals surface area (Å²) < 4.78 is 28.0. The van der Waals surface area contributed by atoms with Gasteiger partial charge in [0.2, 0.25) is 0 Å². The van der Waals surface area contributed by atoms with E-state index in [4.69, 9.17) is 11.1 Å². The molecule has 0 saturated heterocycles. The molecule has 4 N–H and O–H groups in total. The highest BCUT2D eigenvalue weighted by Gasteiger charge is 2.15. The second-order valence-electron chi connectivity index (χ2n) is 4.51. The van der Waals surface area contributed by atoms with Crippen LogP contribution in [0.15, 0.2) is 52.4 Å². The number of H-pyrrole nitrogens is 1. The second kappa shape index (κ2) is 5.21. The van der Waals surface area contributed by atoms with Crippen molar-refractivity contribution >= 4 is 28.5 Å². The Kier molecular flexibility index (Phi) is 3.39. The molecule has 106 valence electrons. The summed E-state index contributed by atoms with van der Waals surface area (Å²) in [6, 6.07) is 11.6. The van der Waals surface area contributed by atoms with Crippen molar-refractivity contribution in [2.24, 2.45) is 5.73 Å². The first-order valence-electron chi connectivity index (χ1n) is 6.13. The van der Waals surface area contributed by atoms with Crippen molar-refractivity contribution in [2.75, 3.05) is 0 Å². The van der Waals surface area contributed by atoms with Crippen molar-refractivity contribution in [3.8, 4) is 0 Å². The molecule has 0 aliphatic rings. The maximum atomic E-state index is 14.0. The number of aromatic nitrogens is 1. The number of hydrogen-bond donors (Lipinski definition) is 3. The zero-order chi connectivity index (χ0) is 15.0. The van der Waals surface area contributed by atoms with E-state index in [1.54, 1.807) is 0 Å². The lowest BCUT2D eigenvalue weighted by Crippen LogP contribution is -2.12. The number of amidine groups is 1. The van der Waals surface area contributed by atoms with Crippen LogP contribution in [0.3, 0.4) is 0 Å². The third-order valence-electron chi connectivity index (χ3n) is 3.03. The van der Waals surface area contributed by atoms with E-state index < -0.39 is 11.6 Å². The van der Waals surface area contributed by atoms with Gasteiger partial charge in [0, 0.05) is 16.5 Å². The maximum Gasteiger partial charge on any atom is 0.140 e. The molecular formula is C15H11F2N3S. The number of nitrogens with two attached hydrogens (primary N) is 1. The molecule has 0 unspecified atom stereocenters. The lowest BCUT2D eigenvalue weighted by molar-refractivity contribution is 0.540. The minimum Gasteiger partial charge on any atom is -0.384 e. The van der Waals surface area contributed by atoms with Gasteiger partial charge in [0.25, 0.3) is 0 Å². The zero-order valence-electron chi connectivity index (χ0n) is 10.8. The highest BCUT2D eigenvalue weighted by Crippen LogP contribution is 2.33. The van der Waals surface area contributed by atoms with Gasteiger partial charge in [-0.15, -0.1) is 0 Å². The second-order valence-corrected chi connectivity index (χ2v) is 5.56. The minimum atomic E-state index is -0.733. The summed E-state index contributed by atoms with van der Waals surface area (Å²) in [7, 11) is 0. The minimum absolute atomic E-state index is 0.0333. The van der Waals surface area contributed by atoms with Crippen LogP contribution in [-0.4, -0.2) is 10.8 Å². The van der Waals surface area contributed by atoms with Crippen molar-refractivity contribution in [3.05, 3.63) is 59.7 Å². The van der Waals surface area contributed by atoms with Crippen LogP contribution in [0.5, 0.6) is 0 Å². The quantitative estimate of drug-likeness (QED) is 0.508. The van der Waals surface area contributed by atoms with Crippen molar-refractivity contribution < 1.29 is 8.78 Å². The van der Waals surface area contributed by atoms with Crippen molar-refractivity contribution in [1.29, 1.82) is 5.41 Å². The Labute approximate surface area is 123 Å². The van der Waals surface area contributed by atoms with Gasteiger partial charge >= 0.3 is 0 Å². The number of hydrogen-bond acceptors (Lipinski definition) is 2. The van der Waals surface area contributed by atoms with E-state index in [0.717, 1.165) is 34.8 Å². The van der Waals surface area contributed by atoms with Crippen LogP contribution in [0, 0.1) is 17.0 Å². The standard InChI is InChI=1S/C15H11F2N3S/c16-10-5-9(15(18)19)6-11(17)14(10)21-13-7-8-3-1-2-4-12(8)20-13/h1-7,20H,(H3,18,19). The van der Waals surface area contributed by atoms with Crippen LogP contribution in [0.2, 0.25) is 0 Å². The Bertz CT molecular complexity index is 786. The number of halogens is 2. The summed E-state index contributed by atoms with van der Waals surface area (Å²) in [5.74, 6) is -1.83. The normalized spacial score (nSPS) is 11.0. The number of nitrogen functional groups attached to an aromatic ring is 1. The van der Waals surface area contributed by atoms with Gasteiger partial charge in [-0.25, -0.2) is 8.78 Å². The van der Waals surface area contributed by atoms with Gasteiger partial charge in [0.05, 0.1) is 9.92 Å². The molecule has 3 aromatic rings. The molecule has 0 radical (unpaired) electrons. The summed E-state index contributed by atoms with van der Waals surface area (Å²) in [5, 5.41) is 8.84. The van der Waals surface area contributed by atoms with Gasteiger partial charge in [-0.2, -0.15) is 0 Å². The molecular weight excluding hydrogens is 292 g/mol. The largest absolute Gasteiger partial charge is 0.384 e. The molecule has 21 heavy (non-hydrogen) atoms. The van der Waals surface area contributed by atoms with E-state index >= 15 is 0 Å². The van der Waals surface area contributed by atoms with Crippen LogP contribution in [-0.2, 0) is 0 Å². The highest BCUT2D eigenvalue weighted by atomic mass is 32.2. The lowest BCUT2D eigenvalue weighted by atomic mass is 10.2. The fourth-order valence-electron chi connectivity index (χ4n) is 2.02. The van der Waals surface area contributed by atoms with E-state index in [0.29, 0.717) is 5.03 Å². The predicted molar refractivity (Wildman–Crippen MR) is 79.8 cm³/mol. The van der Waals surface area contributed by atoms with Gasteiger partial charge in [-0.3, -0.25) is 5.41 Å². The number of fused-ring (bicyclic) bond motifs is 1. The molecule has 0 bridgehead atoms. The van der Waals surface area contributed by atoms with Crippen LogP contribution in [0.4, 0.5) is 8.78 Å². The monoisotopic (exact) mass is 303 g/mol. The van der Waals surface area contributed by atoms with Crippen molar-refractivity contribution in [1.82, 2.24) is 4.98 Å². The Morgan fingerprint density at radius 1 is 1.10 bits per heavy atom. The third-order valence-corrected chi connectivity index (χ3v) is 4.06. The first-order valence-corrected chi connectivity index (χ1v) is 6.95. The van der Waals surface area contributed by atoms with E-state index in [-0.39, 0.29) is 16.3 Å². The number of aromatic amines is 1. The Balaban J connectivity index is 1.99. The summed E-state index contributed by atoms with van der Waals surface area (Å²) in [4.78, 5) is 2.98. The third kappa shape index (κ3) is 2.62. The molecule has 0 saturated carbocycles. The average Bonchev–Trinajstić information content (AvgIpc) is 2.85. The van der Waals surface area contributed by atoms with Gasteiger partial charge < -0.3 is 10.7 Å². The van der Waals surface area contributed by atoms with E-state index in [1.165, 1.54) is 0 Å². The fraction of sp³-hybridized carbons (Fsp3) is 0. The summed E-state index contributed by atoms with van der Waals surface area (Å²) in [5.41, 5.74) is 6.18. The number of nitrogens with one attached hydrogen (secondary N) is 2. The van der Waals surface area contributed by atoms with Crippen molar-refractivity contribution in [3.63, 3.8) is 0 Å². The zero-order valence-corrected chi connectivity index (χ0v) is 11.6. The van der Waals surface area contributed by atoms with Gasteiger partial charge in [-0.05, 0) is 24.3 Å². The van der Waals surface area contributed by atoms with Crippen LogP contribution in [0.25, 0.3) is 10.9 Å². The summed E-state index contributed by atoms with van der Waals surface area (Å²) >= 11 is 0.970. The van der Waals surface area contributed by atoms with Crippen LogP contribution >= 0.6 is 11.8 Å². The predicted octanol–water partition coefficient (Wildman–Crippen LogP) is 3.88. The molecule has 2 aromatic carbocycles. The Morgan fingerprint density at radius 2 is 1.76 bits per heavy atom. The molecule has 0 fully saturated rings. The topological polar surface area (TPSA) is 65.7 Å². The number of rotatable bonds is 3. The SMILES string of the molecule is N=C(N)c1cc(F)c(Sc2cc3ccccc3[nH]2)c(F)c1. The molecule has 1 heterocycles. The molecule has 1 aromatic heterocycles. The smallest absolute Gasteiger partial charge is 0.140 e. The molecule has 3 nitrogen and oxygen atoms in total. The number of para-hydroxylation sites is 1.